The van der Waals surface area contributed by atoms with Crippen molar-refractivity contribution in [2.75, 3.05) is 17.7 Å². The van der Waals surface area contributed by atoms with Crippen molar-refractivity contribution in [3.63, 3.8) is 0 Å². The second kappa shape index (κ2) is 7.77. The maximum atomic E-state index is 12.5. The van der Waals surface area contributed by atoms with E-state index in [4.69, 9.17) is 14.8 Å². The van der Waals surface area contributed by atoms with Gasteiger partial charge in [-0.25, -0.2) is 4.98 Å². The lowest BCUT2D eigenvalue weighted by molar-refractivity contribution is -0.113. The number of nitrogens with one attached hydrogen (secondary N) is 1. The van der Waals surface area contributed by atoms with Gasteiger partial charge in [0.2, 0.25) is 11.0 Å². The molecule has 1 aliphatic rings. The van der Waals surface area contributed by atoms with Gasteiger partial charge in [0.25, 0.3) is 0 Å². The summed E-state index contributed by atoms with van der Waals surface area (Å²) >= 11 is 3.18. The highest BCUT2D eigenvalue weighted by molar-refractivity contribution is 8.00. The van der Waals surface area contributed by atoms with E-state index >= 15 is 0 Å². The van der Waals surface area contributed by atoms with Crippen LogP contribution >= 0.6 is 23.1 Å². The molecule has 8 heteroatoms. The third kappa shape index (κ3) is 3.36. The minimum atomic E-state index is -0.0306. The summed E-state index contributed by atoms with van der Waals surface area (Å²) in [7, 11) is 0. The van der Waals surface area contributed by atoms with E-state index in [0.717, 1.165) is 37.9 Å². The van der Waals surface area contributed by atoms with Gasteiger partial charge in [-0.15, -0.1) is 11.8 Å². The summed E-state index contributed by atoms with van der Waals surface area (Å²) in [6.07, 6.45) is 0. The standard InChI is InChI=1S/C22H20N4O2S2/c1-3-28-15-10-8-14(9-11-15)20-19-13(2)25-26(21(19)24-18(27)12-29-20)22-23-16-6-4-5-7-17(16)30-22/h4-11,20H,3,12H2,1-2H3,(H,24,27)/t20-/m1/s1. The molecule has 5 rings (SSSR count). The van der Waals surface area contributed by atoms with Crippen LogP contribution in [0.25, 0.3) is 15.3 Å². The van der Waals surface area contributed by atoms with Gasteiger partial charge < -0.3 is 10.1 Å². The summed E-state index contributed by atoms with van der Waals surface area (Å²) in [5, 5.41) is 8.58. The Bertz CT molecular complexity index is 1200. The number of hydrogen-bond donors (Lipinski definition) is 1. The highest BCUT2D eigenvalue weighted by Crippen LogP contribution is 2.44. The maximum Gasteiger partial charge on any atom is 0.235 e. The highest BCUT2D eigenvalue weighted by Gasteiger charge is 2.31. The number of aromatic nitrogens is 3. The molecule has 0 aliphatic carbocycles. The highest BCUT2D eigenvalue weighted by atomic mass is 32.2. The number of amides is 1. The normalized spacial score (nSPS) is 16.2. The molecule has 2 aromatic heterocycles. The Balaban J connectivity index is 1.62. The summed E-state index contributed by atoms with van der Waals surface area (Å²) in [6.45, 7) is 4.59. The van der Waals surface area contributed by atoms with Crippen molar-refractivity contribution in [3.05, 3.63) is 65.4 Å². The van der Waals surface area contributed by atoms with Gasteiger partial charge >= 0.3 is 0 Å². The fourth-order valence-corrected chi connectivity index (χ4v) is 5.75. The van der Waals surface area contributed by atoms with Crippen molar-refractivity contribution >= 4 is 45.0 Å². The number of fused-ring (bicyclic) bond motifs is 2. The van der Waals surface area contributed by atoms with E-state index in [0.29, 0.717) is 18.2 Å². The first-order chi connectivity index (χ1) is 14.6. The molecule has 30 heavy (non-hydrogen) atoms. The molecule has 3 heterocycles. The number of benzene rings is 2. The summed E-state index contributed by atoms with van der Waals surface area (Å²) < 4.78 is 8.45. The molecule has 0 unspecified atom stereocenters. The van der Waals surface area contributed by atoms with E-state index in [1.54, 1.807) is 27.8 Å². The van der Waals surface area contributed by atoms with Gasteiger partial charge in [-0.2, -0.15) is 9.78 Å². The van der Waals surface area contributed by atoms with Crippen molar-refractivity contribution in [2.45, 2.75) is 19.1 Å². The zero-order valence-electron chi connectivity index (χ0n) is 16.6. The Morgan fingerprint density at radius 2 is 2.00 bits per heavy atom. The predicted octanol–water partition coefficient (Wildman–Crippen LogP) is 4.96. The van der Waals surface area contributed by atoms with Crippen LogP contribution in [0.5, 0.6) is 5.75 Å². The van der Waals surface area contributed by atoms with Crippen molar-refractivity contribution in [1.29, 1.82) is 0 Å². The quantitative estimate of drug-likeness (QED) is 0.489. The molecule has 0 fully saturated rings. The van der Waals surface area contributed by atoms with Crippen LogP contribution in [0.4, 0.5) is 5.82 Å². The lowest BCUT2D eigenvalue weighted by Gasteiger charge is -2.15. The van der Waals surface area contributed by atoms with Gasteiger partial charge in [0.15, 0.2) is 0 Å². The van der Waals surface area contributed by atoms with Gasteiger partial charge in [0, 0.05) is 5.56 Å². The third-order valence-electron chi connectivity index (χ3n) is 4.97. The monoisotopic (exact) mass is 436 g/mol. The van der Waals surface area contributed by atoms with E-state index in [1.807, 2.05) is 50.2 Å². The Morgan fingerprint density at radius 1 is 1.20 bits per heavy atom. The minimum absolute atomic E-state index is 0.00208. The Kier molecular flexibility index (Phi) is 4.96. The largest absolute Gasteiger partial charge is 0.494 e. The third-order valence-corrected chi connectivity index (χ3v) is 7.25. The Hall–Kier alpha value is -2.84. The molecule has 2 aromatic carbocycles. The molecule has 0 radical (unpaired) electrons. The van der Waals surface area contributed by atoms with Crippen molar-refractivity contribution in [2.24, 2.45) is 0 Å². The van der Waals surface area contributed by atoms with Crippen LogP contribution in [0.3, 0.4) is 0 Å². The minimum Gasteiger partial charge on any atom is -0.494 e. The number of nitrogens with zero attached hydrogens (tertiary/aromatic N) is 3. The number of anilines is 1. The number of thiazole rings is 1. The summed E-state index contributed by atoms with van der Waals surface area (Å²) in [5.74, 6) is 1.90. The average Bonchev–Trinajstić information content (AvgIpc) is 3.26. The number of rotatable bonds is 4. The fourth-order valence-electron chi connectivity index (χ4n) is 3.64. The molecule has 1 amide bonds. The van der Waals surface area contributed by atoms with Gasteiger partial charge in [0.05, 0.1) is 33.5 Å². The van der Waals surface area contributed by atoms with E-state index < -0.39 is 0 Å². The topological polar surface area (TPSA) is 69.0 Å². The summed E-state index contributed by atoms with van der Waals surface area (Å²) in [5.41, 5.74) is 3.96. The summed E-state index contributed by atoms with van der Waals surface area (Å²) in [6, 6.07) is 16.1. The number of ether oxygens (including phenoxy) is 1. The van der Waals surface area contributed by atoms with Crippen molar-refractivity contribution < 1.29 is 9.53 Å². The Morgan fingerprint density at radius 3 is 2.77 bits per heavy atom. The number of carbonyl (C=O) groups excluding carboxylic acids is 1. The molecule has 152 valence electrons. The van der Waals surface area contributed by atoms with Gasteiger partial charge in [-0.1, -0.05) is 35.6 Å². The molecule has 1 aliphatic heterocycles. The SMILES string of the molecule is CCOc1ccc([C@H]2SCC(=O)Nc3c2c(C)nn3-c2nc3ccccc3s2)cc1. The van der Waals surface area contributed by atoms with Crippen LogP contribution in [0.1, 0.15) is 29.0 Å². The van der Waals surface area contributed by atoms with Crippen molar-refractivity contribution in [3.8, 4) is 10.9 Å². The van der Waals surface area contributed by atoms with E-state index in [1.165, 1.54) is 0 Å². The predicted molar refractivity (Wildman–Crippen MR) is 122 cm³/mol. The fraction of sp³-hybridized carbons (Fsp3) is 0.227. The summed E-state index contributed by atoms with van der Waals surface area (Å²) in [4.78, 5) is 17.3. The number of para-hydroxylation sites is 1. The van der Waals surface area contributed by atoms with Crippen LogP contribution in [-0.4, -0.2) is 33.0 Å². The zero-order valence-corrected chi connectivity index (χ0v) is 18.2. The number of aryl methyl sites for hydroxylation is 1. The zero-order chi connectivity index (χ0) is 20.7. The first-order valence-electron chi connectivity index (χ1n) is 9.73. The number of carbonyl (C=O) groups is 1. The molecule has 0 bridgehead atoms. The molecule has 1 atom stereocenters. The number of thioether (sulfide) groups is 1. The van der Waals surface area contributed by atoms with Gasteiger partial charge in [0.1, 0.15) is 11.6 Å². The van der Waals surface area contributed by atoms with Crippen LogP contribution in [-0.2, 0) is 4.79 Å². The molecule has 0 spiro atoms. The molecular formula is C22H20N4O2S2. The smallest absolute Gasteiger partial charge is 0.235 e. The molecular weight excluding hydrogens is 416 g/mol. The van der Waals surface area contributed by atoms with Crippen LogP contribution in [0, 0.1) is 6.92 Å². The second-order valence-corrected chi connectivity index (χ2v) is 9.07. The maximum absolute atomic E-state index is 12.5. The van der Waals surface area contributed by atoms with Gasteiger partial charge in [-0.3, -0.25) is 4.79 Å². The average molecular weight is 437 g/mol. The van der Waals surface area contributed by atoms with E-state index in [-0.39, 0.29) is 11.2 Å². The Labute approximate surface area is 182 Å². The first-order valence-corrected chi connectivity index (χ1v) is 11.6. The second-order valence-electron chi connectivity index (χ2n) is 6.96. The molecule has 0 saturated heterocycles. The number of hydrogen-bond acceptors (Lipinski definition) is 6. The molecule has 4 aromatic rings. The van der Waals surface area contributed by atoms with Crippen LogP contribution in [0.2, 0.25) is 0 Å². The van der Waals surface area contributed by atoms with E-state index in [2.05, 4.69) is 17.4 Å². The van der Waals surface area contributed by atoms with Crippen LogP contribution in [0.15, 0.2) is 48.5 Å². The van der Waals surface area contributed by atoms with Gasteiger partial charge in [-0.05, 0) is 43.7 Å². The molecule has 0 saturated carbocycles. The molecule has 6 nitrogen and oxygen atoms in total. The molecule has 1 N–H and O–H groups in total. The first kappa shape index (κ1) is 19.1. The lowest BCUT2D eigenvalue weighted by Crippen LogP contribution is -2.15. The van der Waals surface area contributed by atoms with E-state index in [9.17, 15) is 4.79 Å². The van der Waals surface area contributed by atoms with Crippen LogP contribution < -0.4 is 10.1 Å². The van der Waals surface area contributed by atoms with Crippen molar-refractivity contribution in [1.82, 2.24) is 14.8 Å². The lowest BCUT2D eigenvalue weighted by atomic mass is 10.0.